The molecule has 0 bridgehead atoms. The van der Waals surface area contributed by atoms with E-state index in [4.69, 9.17) is 0 Å². The summed E-state index contributed by atoms with van der Waals surface area (Å²) in [6, 6.07) is 3.91. The van der Waals surface area contributed by atoms with E-state index in [-0.39, 0.29) is 17.2 Å². The fourth-order valence-electron chi connectivity index (χ4n) is 2.23. The maximum absolute atomic E-state index is 12.1. The van der Waals surface area contributed by atoms with Gasteiger partial charge < -0.3 is 10.6 Å². The maximum Gasteiger partial charge on any atom is 0.228 e. The fourth-order valence-corrected chi connectivity index (χ4v) is 2.23. The van der Waals surface area contributed by atoms with E-state index in [1.165, 1.54) is 0 Å². The molecule has 2 N–H and O–H groups in total. The number of amides is 1. The molecule has 1 saturated heterocycles. The van der Waals surface area contributed by atoms with Gasteiger partial charge in [0, 0.05) is 17.7 Å². The Bertz CT molecular complexity index is 428. The largest absolute Gasteiger partial charge is 0.324 e. The lowest BCUT2D eigenvalue weighted by molar-refractivity contribution is -0.120. The van der Waals surface area contributed by atoms with Crippen LogP contribution in [0.15, 0.2) is 18.3 Å². The van der Waals surface area contributed by atoms with E-state index in [1.54, 1.807) is 6.20 Å². The molecule has 4 heteroatoms. The Hall–Kier alpha value is -1.42. The fraction of sp³-hybridized carbons (Fsp3) is 0.600. The van der Waals surface area contributed by atoms with Crippen molar-refractivity contribution in [2.75, 3.05) is 18.4 Å². The third-order valence-electron chi connectivity index (χ3n) is 3.47. The van der Waals surface area contributed by atoms with Gasteiger partial charge in [0.25, 0.3) is 0 Å². The van der Waals surface area contributed by atoms with Gasteiger partial charge in [-0.05, 0) is 31.5 Å². The lowest BCUT2D eigenvalue weighted by atomic mass is 9.92. The van der Waals surface area contributed by atoms with Crippen LogP contribution in [-0.4, -0.2) is 24.0 Å². The summed E-state index contributed by atoms with van der Waals surface area (Å²) in [6.45, 7) is 8.18. The second kappa shape index (κ2) is 5.70. The van der Waals surface area contributed by atoms with Crippen LogP contribution < -0.4 is 10.6 Å². The first-order valence-corrected chi connectivity index (χ1v) is 6.95. The van der Waals surface area contributed by atoms with E-state index in [1.807, 2.05) is 12.1 Å². The van der Waals surface area contributed by atoms with Crippen LogP contribution in [0.4, 0.5) is 5.69 Å². The highest BCUT2D eigenvalue weighted by Crippen LogP contribution is 2.21. The number of rotatable bonds is 2. The molecular weight excluding hydrogens is 238 g/mol. The van der Waals surface area contributed by atoms with E-state index >= 15 is 0 Å². The Morgan fingerprint density at radius 2 is 2.21 bits per heavy atom. The van der Waals surface area contributed by atoms with Crippen molar-refractivity contribution in [1.29, 1.82) is 0 Å². The molecule has 0 radical (unpaired) electrons. The Morgan fingerprint density at radius 3 is 2.74 bits per heavy atom. The molecule has 1 aliphatic rings. The molecule has 0 aliphatic carbocycles. The van der Waals surface area contributed by atoms with Gasteiger partial charge in [0.05, 0.1) is 17.8 Å². The SMILES string of the molecule is CC(C)(C)c1ccc(NC(=O)C2CCCNC2)cn1. The first kappa shape index (κ1) is 14.0. The molecular formula is C15H23N3O. The molecule has 1 aromatic heterocycles. The first-order valence-electron chi connectivity index (χ1n) is 6.95. The van der Waals surface area contributed by atoms with Crippen LogP contribution in [0.25, 0.3) is 0 Å². The standard InChI is InChI=1S/C15H23N3O/c1-15(2,3)13-7-6-12(10-17-13)18-14(19)11-5-4-8-16-9-11/h6-7,10-11,16H,4-5,8-9H2,1-3H3,(H,18,19). The Kier molecular flexibility index (Phi) is 4.20. The molecule has 1 aliphatic heterocycles. The van der Waals surface area contributed by atoms with Crippen LogP contribution in [-0.2, 0) is 10.2 Å². The van der Waals surface area contributed by atoms with Crippen molar-refractivity contribution in [3.63, 3.8) is 0 Å². The highest BCUT2D eigenvalue weighted by atomic mass is 16.1. The summed E-state index contributed by atoms with van der Waals surface area (Å²) in [6.07, 6.45) is 3.78. The monoisotopic (exact) mass is 261 g/mol. The van der Waals surface area contributed by atoms with Crippen molar-refractivity contribution in [1.82, 2.24) is 10.3 Å². The normalized spacial score (nSPS) is 20.1. The molecule has 1 unspecified atom stereocenters. The van der Waals surface area contributed by atoms with Gasteiger partial charge in [0.15, 0.2) is 0 Å². The van der Waals surface area contributed by atoms with Crippen molar-refractivity contribution in [3.8, 4) is 0 Å². The summed E-state index contributed by atoms with van der Waals surface area (Å²) in [5.74, 6) is 0.175. The summed E-state index contributed by atoms with van der Waals surface area (Å²) < 4.78 is 0. The number of piperidine rings is 1. The van der Waals surface area contributed by atoms with Gasteiger partial charge in [-0.25, -0.2) is 0 Å². The summed E-state index contributed by atoms with van der Waals surface area (Å²) in [5.41, 5.74) is 1.85. The molecule has 1 atom stereocenters. The number of hydrogen-bond donors (Lipinski definition) is 2. The van der Waals surface area contributed by atoms with E-state index < -0.39 is 0 Å². The number of aromatic nitrogens is 1. The topological polar surface area (TPSA) is 54.0 Å². The van der Waals surface area contributed by atoms with Crippen molar-refractivity contribution in [3.05, 3.63) is 24.0 Å². The lowest BCUT2D eigenvalue weighted by Crippen LogP contribution is -2.37. The third-order valence-corrected chi connectivity index (χ3v) is 3.47. The van der Waals surface area contributed by atoms with Gasteiger partial charge in [-0.15, -0.1) is 0 Å². The lowest BCUT2D eigenvalue weighted by Gasteiger charge is -2.22. The first-order chi connectivity index (χ1) is 8.97. The van der Waals surface area contributed by atoms with Gasteiger partial charge >= 0.3 is 0 Å². The molecule has 1 fully saturated rings. The Labute approximate surface area is 115 Å². The highest BCUT2D eigenvalue weighted by Gasteiger charge is 2.21. The highest BCUT2D eigenvalue weighted by molar-refractivity contribution is 5.92. The van der Waals surface area contributed by atoms with Crippen molar-refractivity contribution >= 4 is 11.6 Å². The van der Waals surface area contributed by atoms with Crippen LogP contribution in [0, 0.1) is 5.92 Å². The molecule has 0 saturated carbocycles. The molecule has 2 heterocycles. The van der Waals surface area contributed by atoms with Gasteiger partial charge in [-0.3, -0.25) is 9.78 Å². The zero-order valence-corrected chi connectivity index (χ0v) is 12.0. The zero-order chi connectivity index (χ0) is 13.9. The number of hydrogen-bond acceptors (Lipinski definition) is 3. The predicted octanol–water partition coefficient (Wildman–Crippen LogP) is 2.32. The number of pyridine rings is 1. The molecule has 2 rings (SSSR count). The van der Waals surface area contributed by atoms with E-state index in [0.717, 1.165) is 37.3 Å². The minimum absolute atomic E-state index is 0.0375. The van der Waals surface area contributed by atoms with Crippen LogP contribution >= 0.6 is 0 Å². The predicted molar refractivity (Wildman–Crippen MR) is 77.2 cm³/mol. The number of anilines is 1. The third kappa shape index (κ3) is 3.77. The Morgan fingerprint density at radius 1 is 1.42 bits per heavy atom. The van der Waals surface area contributed by atoms with Crippen molar-refractivity contribution in [2.24, 2.45) is 5.92 Å². The van der Waals surface area contributed by atoms with Crippen molar-refractivity contribution in [2.45, 2.75) is 39.0 Å². The summed E-state index contributed by atoms with van der Waals surface area (Å²) in [5, 5.41) is 6.20. The molecule has 0 spiro atoms. The number of carbonyl (C=O) groups is 1. The van der Waals surface area contributed by atoms with Gasteiger partial charge in [0.2, 0.25) is 5.91 Å². The van der Waals surface area contributed by atoms with E-state index in [2.05, 4.69) is 36.4 Å². The van der Waals surface area contributed by atoms with Crippen LogP contribution in [0.3, 0.4) is 0 Å². The van der Waals surface area contributed by atoms with Crippen LogP contribution in [0.2, 0.25) is 0 Å². The second-order valence-electron chi connectivity index (χ2n) is 6.21. The number of nitrogens with zero attached hydrogens (tertiary/aromatic N) is 1. The van der Waals surface area contributed by atoms with Crippen LogP contribution in [0.1, 0.15) is 39.3 Å². The zero-order valence-electron chi connectivity index (χ0n) is 12.0. The quantitative estimate of drug-likeness (QED) is 0.859. The van der Waals surface area contributed by atoms with Crippen LogP contribution in [0.5, 0.6) is 0 Å². The molecule has 4 nitrogen and oxygen atoms in total. The smallest absolute Gasteiger partial charge is 0.228 e. The van der Waals surface area contributed by atoms with Gasteiger partial charge in [-0.1, -0.05) is 20.8 Å². The average Bonchev–Trinajstić information content (AvgIpc) is 2.39. The van der Waals surface area contributed by atoms with Gasteiger partial charge in [0.1, 0.15) is 0 Å². The van der Waals surface area contributed by atoms with E-state index in [9.17, 15) is 4.79 Å². The minimum Gasteiger partial charge on any atom is -0.324 e. The number of carbonyl (C=O) groups excluding carboxylic acids is 1. The van der Waals surface area contributed by atoms with Gasteiger partial charge in [-0.2, -0.15) is 0 Å². The molecule has 104 valence electrons. The summed E-state index contributed by atoms with van der Waals surface area (Å²) in [4.78, 5) is 16.5. The average molecular weight is 261 g/mol. The molecule has 1 amide bonds. The number of nitrogens with one attached hydrogen (secondary N) is 2. The molecule has 0 aromatic carbocycles. The Balaban J connectivity index is 1.97. The maximum atomic E-state index is 12.1. The summed E-state index contributed by atoms with van der Waals surface area (Å²) in [7, 11) is 0. The van der Waals surface area contributed by atoms with E-state index in [0.29, 0.717) is 0 Å². The minimum atomic E-state index is 0.0375. The summed E-state index contributed by atoms with van der Waals surface area (Å²) >= 11 is 0. The molecule has 19 heavy (non-hydrogen) atoms. The van der Waals surface area contributed by atoms with Crippen molar-refractivity contribution < 1.29 is 4.79 Å². The molecule has 1 aromatic rings. The second-order valence-corrected chi connectivity index (χ2v) is 6.21.